The first kappa shape index (κ1) is 22.9. The van der Waals surface area contributed by atoms with Crippen LogP contribution in [0, 0.1) is 27.7 Å². The maximum atomic E-state index is 13.0. The van der Waals surface area contributed by atoms with E-state index in [0.717, 1.165) is 32.1 Å². The van der Waals surface area contributed by atoms with E-state index in [0.29, 0.717) is 5.69 Å². The molecule has 1 amide bonds. The number of nitrogens with one attached hydrogen (secondary N) is 1. The highest BCUT2D eigenvalue weighted by atomic mass is 32.2. The van der Waals surface area contributed by atoms with Gasteiger partial charge in [-0.3, -0.25) is 4.79 Å². The minimum atomic E-state index is -3.84. The van der Waals surface area contributed by atoms with Gasteiger partial charge >= 0.3 is 10.2 Å². The van der Waals surface area contributed by atoms with Gasteiger partial charge in [0, 0.05) is 14.1 Å². The Kier molecular flexibility index (Phi) is 7.08. The standard InChI is InChI=1S/C22H31N3O3S/c1-15-8-10-17(3)20(12-15)19(5)23-22(26)14-25(29(27,28)24(6)7)21-13-16(2)9-11-18(21)4/h8-13,19H,14H2,1-7H3,(H,23,26)/t19-/m0/s1. The lowest BCUT2D eigenvalue weighted by Crippen LogP contribution is -2.46. The number of rotatable bonds is 7. The fourth-order valence-corrected chi connectivity index (χ4v) is 4.32. The molecule has 0 spiro atoms. The van der Waals surface area contributed by atoms with Gasteiger partial charge in [-0.2, -0.15) is 12.7 Å². The summed E-state index contributed by atoms with van der Waals surface area (Å²) in [7, 11) is -0.911. The van der Waals surface area contributed by atoms with Crippen molar-refractivity contribution in [3.63, 3.8) is 0 Å². The van der Waals surface area contributed by atoms with Crippen LogP contribution < -0.4 is 9.62 Å². The Hall–Kier alpha value is -2.38. The first-order valence-electron chi connectivity index (χ1n) is 9.57. The number of carbonyl (C=O) groups is 1. The maximum absolute atomic E-state index is 13.0. The molecule has 1 atom stereocenters. The van der Waals surface area contributed by atoms with Crippen LogP contribution in [0.5, 0.6) is 0 Å². The predicted molar refractivity (Wildman–Crippen MR) is 118 cm³/mol. The van der Waals surface area contributed by atoms with Crippen LogP contribution in [-0.4, -0.2) is 39.3 Å². The molecule has 0 saturated heterocycles. The summed E-state index contributed by atoms with van der Waals surface area (Å²) in [6.45, 7) is 9.34. The number of amides is 1. The number of aryl methyl sites for hydroxylation is 4. The third kappa shape index (κ3) is 5.36. The van der Waals surface area contributed by atoms with E-state index in [-0.39, 0.29) is 18.5 Å². The van der Waals surface area contributed by atoms with Crippen molar-refractivity contribution in [3.8, 4) is 0 Å². The van der Waals surface area contributed by atoms with Gasteiger partial charge in [-0.25, -0.2) is 4.31 Å². The van der Waals surface area contributed by atoms with Crippen LogP contribution in [-0.2, 0) is 15.0 Å². The molecule has 0 aromatic heterocycles. The number of nitrogens with zero attached hydrogens (tertiary/aromatic N) is 2. The molecule has 29 heavy (non-hydrogen) atoms. The summed E-state index contributed by atoms with van der Waals surface area (Å²) in [6.07, 6.45) is 0. The highest BCUT2D eigenvalue weighted by Crippen LogP contribution is 2.25. The van der Waals surface area contributed by atoms with Gasteiger partial charge in [-0.1, -0.05) is 35.9 Å². The highest BCUT2D eigenvalue weighted by Gasteiger charge is 2.29. The smallest absolute Gasteiger partial charge is 0.304 e. The van der Waals surface area contributed by atoms with Crippen molar-refractivity contribution < 1.29 is 13.2 Å². The molecule has 6 nitrogen and oxygen atoms in total. The summed E-state index contributed by atoms with van der Waals surface area (Å²) < 4.78 is 28.2. The second-order valence-corrected chi connectivity index (χ2v) is 9.80. The zero-order valence-corrected chi connectivity index (χ0v) is 19.1. The van der Waals surface area contributed by atoms with Crippen LogP contribution in [0.15, 0.2) is 36.4 Å². The first-order valence-corrected chi connectivity index (χ1v) is 11.0. The molecule has 0 radical (unpaired) electrons. The molecule has 0 aliphatic carbocycles. The first-order chi connectivity index (χ1) is 13.4. The van der Waals surface area contributed by atoms with Crippen molar-refractivity contribution in [2.45, 2.75) is 40.7 Å². The Morgan fingerprint density at radius 2 is 1.52 bits per heavy atom. The van der Waals surface area contributed by atoms with E-state index in [9.17, 15) is 13.2 Å². The second kappa shape index (κ2) is 8.97. The van der Waals surface area contributed by atoms with Crippen LogP contribution in [0.1, 0.15) is 40.8 Å². The van der Waals surface area contributed by atoms with Crippen LogP contribution in [0.3, 0.4) is 0 Å². The van der Waals surface area contributed by atoms with Gasteiger partial charge < -0.3 is 5.32 Å². The van der Waals surface area contributed by atoms with E-state index in [1.165, 1.54) is 18.4 Å². The molecule has 7 heteroatoms. The normalized spacial score (nSPS) is 12.7. The van der Waals surface area contributed by atoms with Gasteiger partial charge in [0.1, 0.15) is 6.54 Å². The summed E-state index contributed by atoms with van der Waals surface area (Å²) in [5.41, 5.74) is 5.43. The lowest BCUT2D eigenvalue weighted by Gasteiger charge is -2.29. The van der Waals surface area contributed by atoms with Gasteiger partial charge in [-0.05, 0) is 62.9 Å². The van der Waals surface area contributed by atoms with E-state index in [2.05, 4.69) is 5.32 Å². The minimum absolute atomic E-state index is 0.232. The molecule has 158 valence electrons. The van der Waals surface area contributed by atoms with E-state index in [1.54, 1.807) is 6.07 Å². The predicted octanol–water partition coefficient (Wildman–Crippen LogP) is 3.41. The molecule has 0 bridgehead atoms. The molecule has 0 fully saturated rings. The van der Waals surface area contributed by atoms with Crippen molar-refractivity contribution in [1.29, 1.82) is 0 Å². The van der Waals surface area contributed by atoms with Crippen molar-refractivity contribution in [2.75, 3.05) is 24.9 Å². The number of hydrogen-bond acceptors (Lipinski definition) is 3. The van der Waals surface area contributed by atoms with E-state index in [4.69, 9.17) is 0 Å². The Morgan fingerprint density at radius 3 is 2.10 bits per heavy atom. The van der Waals surface area contributed by atoms with Crippen LogP contribution in [0.4, 0.5) is 5.69 Å². The Bertz CT molecular complexity index is 1000. The number of benzene rings is 2. The van der Waals surface area contributed by atoms with Gasteiger partial charge in [0.05, 0.1) is 11.7 Å². The minimum Gasteiger partial charge on any atom is -0.348 e. The number of carbonyl (C=O) groups excluding carboxylic acids is 1. The zero-order chi connectivity index (χ0) is 21.9. The molecule has 2 aromatic carbocycles. The molecule has 0 unspecified atom stereocenters. The average Bonchev–Trinajstić information content (AvgIpc) is 2.63. The van der Waals surface area contributed by atoms with Gasteiger partial charge in [0.25, 0.3) is 0 Å². The maximum Gasteiger partial charge on any atom is 0.304 e. The van der Waals surface area contributed by atoms with Gasteiger partial charge in [0.2, 0.25) is 5.91 Å². The van der Waals surface area contributed by atoms with E-state index < -0.39 is 10.2 Å². The third-order valence-corrected chi connectivity index (χ3v) is 6.74. The van der Waals surface area contributed by atoms with Crippen molar-refractivity contribution in [3.05, 3.63) is 64.2 Å². The molecule has 0 saturated carbocycles. The fraction of sp³-hybridized carbons (Fsp3) is 0.409. The largest absolute Gasteiger partial charge is 0.348 e. The fourth-order valence-electron chi connectivity index (χ4n) is 3.20. The molecule has 0 heterocycles. The quantitative estimate of drug-likeness (QED) is 0.751. The van der Waals surface area contributed by atoms with Gasteiger partial charge in [0.15, 0.2) is 0 Å². The Balaban J connectivity index is 2.32. The van der Waals surface area contributed by atoms with E-state index in [1.807, 2.05) is 65.0 Å². The SMILES string of the molecule is Cc1ccc(C)c([C@H](C)NC(=O)CN(c2cc(C)ccc2C)S(=O)(=O)N(C)C)c1. The molecular weight excluding hydrogens is 386 g/mol. The van der Waals surface area contributed by atoms with Gasteiger partial charge in [-0.15, -0.1) is 0 Å². The Morgan fingerprint density at radius 1 is 0.966 bits per heavy atom. The molecule has 0 aliphatic rings. The Labute approximate surface area is 174 Å². The summed E-state index contributed by atoms with van der Waals surface area (Å²) >= 11 is 0. The highest BCUT2D eigenvalue weighted by molar-refractivity contribution is 7.90. The summed E-state index contributed by atoms with van der Waals surface area (Å²) in [6, 6.07) is 11.4. The third-order valence-electron chi connectivity index (χ3n) is 4.94. The molecule has 2 rings (SSSR count). The molecule has 1 N–H and O–H groups in total. The second-order valence-electron chi connectivity index (χ2n) is 7.74. The monoisotopic (exact) mass is 417 g/mol. The lowest BCUT2D eigenvalue weighted by molar-refractivity contribution is -0.120. The average molecular weight is 418 g/mol. The molecule has 0 aliphatic heterocycles. The summed E-state index contributed by atoms with van der Waals surface area (Å²) in [5.74, 6) is -0.357. The number of anilines is 1. The van der Waals surface area contributed by atoms with Crippen LogP contribution in [0.25, 0.3) is 0 Å². The van der Waals surface area contributed by atoms with Crippen LogP contribution in [0.2, 0.25) is 0 Å². The molecule has 2 aromatic rings. The summed E-state index contributed by atoms with van der Waals surface area (Å²) in [5, 5.41) is 2.95. The zero-order valence-electron chi connectivity index (χ0n) is 18.3. The van der Waals surface area contributed by atoms with Crippen molar-refractivity contribution in [1.82, 2.24) is 9.62 Å². The van der Waals surface area contributed by atoms with E-state index >= 15 is 0 Å². The summed E-state index contributed by atoms with van der Waals surface area (Å²) in [4.78, 5) is 12.8. The number of hydrogen-bond donors (Lipinski definition) is 1. The topological polar surface area (TPSA) is 69.7 Å². The lowest BCUT2D eigenvalue weighted by atomic mass is 10.00. The van der Waals surface area contributed by atoms with Crippen LogP contribution >= 0.6 is 0 Å². The molecular formula is C22H31N3O3S. The van der Waals surface area contributed by atoms with Crippen molar-refractivity contribution >= 4 is 21.8 Å². The van der Waals surface area contributed by atoms with Crippen molar-refractivity contribution in [2.24, 2.45) is 0 Å².